The van der Waals surface area contributed by atoms with Gasteiger partial charge in [0.15, 0.2) is 0 Å². The molecule has 0 unspecified atom stereocenters. The van der Waals surface area contributed by atoms with E-state index in [9.17, 15) is 14.7 Å². The Morgan fingerprint density at radius 2 is 2.04 bits per heavy atom. The molecule has 140 valence electrons. The molecule has 0 saturated heterocycles. The van der Waals surface area contributed by atoms with Crippen molar-refractivity contribution in [3.63, 3.8) is 0 Å². The number of ether oxygens (including phenoxy) is 1. The van der Waals surface area contributed by atoms with Gasteiger partial charge in [-0.3, -0.25) is 9.59 Å². The maximum atomic E-state index is 11.6. The van der Waals surface area contributed by atoms with E-state index in [1.807, 2.05) is 6.07 Å². The molecular formula is C21H26O5. The molecule has 0 amide bonds. The molecule has 0 aliphatic heterocycles. The molecule has 3 aliphatic rings. The van der Waals surface area contributed by atoms with Gasteiger partial charge in [0.2, 0.25) is 0 Å². The molecule has 5 atom stereocenters. The van der Waals surface area contributed by atoms with Gasteiger partial charge in [0, 0.05) is 0 Å². The van der Waals surface area contributed by atoms with Crippen molar-refractivity contribution in [1.29, 1.82) is 0 Å². The number of rotatable bonds is 3. The molecule has 1 aromatic rings. The lowest BCUT2D eigenvalue weighted by atomic mass is 9.55. The summed E-state index contributed by atoms with van der Waals surface area (Å²) < 4.78 is 5.17. The lowest BCUT2D eigenvalue weighted by Gasteiger charge is -2.50. The van der Waals surface area contributed by atoms with Crippen LogP contribution in [0.15, 0.2) is 18.2 Å². The monoisotopic (exact) mass is 358 g/mol. The van der Waals surface area contributed by atoms with Gasteiger partial charge >= 0.3 is 11.9 Å². The highest BCUT2D eigenvalue weighted by atomic mass is 16.5. The molecule has 0 aromatic heterocycles. The lowest BCUT2D eigenvalue weighted by molar-refractivity contribution is -0.145. The van der Waals surface area contributed by atoms with E-state index in [1.165, 1.54) is 11.1 Å². The van der Waals surface area contributed by atoms with Gasteiger partial charge in [-0.25, -0.2) is 0 Å². The summed E-state index contributed by atoms with van der Waals surface area (Å²) in [5, 5.41) is 19.1. The quantitative estimate of drug-likeness (QED) is 0.492. The maximum Gasteiger partial charge on any atom is 0.322 e. The number of carbonyl (C=O) groups excluding carboxylic acids is 1. The van der Waals surface area contributed by atoms with Gasteiger partial charge in [-0.2, -0.15) is 0 Å². The Morgan fingerprint density at radius 3 is 2.81 bits per heavy atom. The van der Waals surface area contributed by atoms with E-state index in [4.69, 9.17) is 9.84 Å². The first-order chi connectivity index (χ1) is 12.4. The van der Waals surface area contributed by atoms with Gasteiger partial charge < -0.3 is 14.9 Å². The average Bonchev–Trinajstić information content (AvgIpc) is 2.89. The highest BCUT2D eigenvalue weighted by Gasteiger charge is 2.54. The number of aliphatic carboxylic acids is 1. The normalized spacial score (nSPS) is 35.2. The van der Waals surface area contributed by atoms with Crippen molar-refractivity contribution in [2.75, 3.05) is 0 Å². The molecular weight excluding hydrogens is 332 g/mol. The van der Waals surface area contributed by atoms with Gasteiger partial charge in [-0.05, 0) is 85.0 Å². The minimum absolute atomic E-state index is 0.0744. The number of benzene rings is 1. The van der Waals surface area contributed by atoms with Gasteiger partial charge in [0.1, 0.15) is 12.2 Å². The molecule has 0 radical (unpaired) electrons. The highest BCUT2D eigenvalue weighted by molar-refractivity contribution is 5.91. The van der Waals surface area contributed by atoms with Crippen molar-refractivity contribution in [2.24, 2.45) is 17.3 Å². The third kappa shape index (κ3) is 2.82. The number of hydrogen-bond donors (Lipinski definition) is 2. The fourth-order valence-corrected chi connectivity index (χ4v) is 5.89. The molecule has 26 heavy (non-hydrogen) atoms. The van der Waals surface area contributed by atoms with Crippen LogP contribution in [0.1, 0.15) is 62.5 Å². The SMILES string of the molecule is C[C@]12CC[C@@H]3c4ccc(OC(=O)CC(=O)O)cc4CC[C@H]3[C@@H]1CC[C@H]2O. The Bertz CT molecular complexity index is 742. The Labute approximate surface area is 153 Å². The van der Waals surface area contributed by atoms with Crippen LogP contribution >= 0.6 is 0 Å². The number of aliphatic hydroxyl groups is 1. The van der Waals surface area contributed by atoms with Crippen LogP contribution in [0.25, 0.3) is 0 Å². The van der Waals surface area contributed by atoms with Crippen molar-refractivity contribution in [1.82, 2.24) is 0 Å². The summed E-state index contributed by atoms with van der Waals surface area (Å²) in [7, 11) is 0. The molecule has 2 fully saturated rings. The molecule has 0 bridgehead atoms. The number of carboxylic acids is 1. The number of carboxylic acid groups (broad SMARTS) is 1. The van der Waals surface area contributed by atoms with Gasteiger partial charge in [0.25, 0.3) is 0 Å². The number of hydrogen-bond acceptors (Lipinski definition) is 4. The van der Waals surface area contributed by atoms with Gasteiger partial charge in [-0.15, -0.1) is 0 Å². The summed E-state index contributed by atoms with van der Waals surface area (Å²) in [6.07, 6.45) is 5.49. The summed E-state index contributed by atoms with van der Waals surface area (Å²) in [6.45, 7) is 2.27. The fraction of sp³-hybridized carbons (Fsp3) is 0.619. The minimum atomic E-state index is -1.18. The van der Waals surface area contributed by atoms with Gasteiger partial charge in [0.05, 0.1) is 6.10 Å². The lowest BCUT2D eigenvalue weighted by Crippen LogP contribution is -2.43. The molecule has 3 aliphatic carbocycles. The van der Waals surface area contributed by atoms with Crippen molar-refractivity contribution < 1.29 is 24.5 Å². The fourth-order valence-electron chi connectivity index (χ4n) is 5.89. The summed E-state index contributed by atoms with van der Waals surface area (Å²) >= 11 is 0. The Hall–Kier alpha value is -1.88. The predicted octanol–water partition coefficient (Wildman–Crippen LogP) is 3.28. The first-order valence-corrected chi connectivity index (χ1v) is 9.62. The average molecular weight is 358 g/mol. The Balaban J connectivity index is 1.54. The zero-order valence-corrected chi connectivity index (χ0v) is 15.1. The van der Waals surface area contributed by atoms with Crippen molar-refractivity contribution >= 4 is 11.9 Å². The standard InChI is InChI=1S/C21H26O5/c1-21-9-8-15-14-5-3-13(26-20(25)11-19(23)24)10-12(14)2-4-16(15)17(21)6-7-18(21)22/h3,5,10,15-18,22H,2,4,6-9,11H2,1H3,(H,23,24)/t15-,16-,17+,18-,21+/m1/s1. The second-order valence-electron chi connectivity index (χ2n) is 8.46. The number of carbonyl (C=O) groups is 2. The summed E-state index contributed by atoms with van der Waals surface area (Å²) in [5.41, 5.74) is 2.64. The summed E-state index contributed by atoms with van der Waals surface area (Å²) in [5.74, 6) is 0.256. The number of aryl methyl sites for hydroxylation is 1. The van der Waals surface area contributed by atoms with Crippen LogP contribution in [-0.4, -0.2) is 28.3 Å². The molecule has 4 rings (SSSR count). The van der Waals surface area contributed by atoms with Crippen LogP contribution < -0.4 is 4.74 Å². The van der Waals surface area contributed by atoms with E-state index in [-0.39, 0.29) is 11.5 Å². The van der Waals surface area contributed by atoms with E-state index in [0.717, 1.165) is 38.5 Å². The first-order valence-electron chi connectivity index (χ1n) is 9.62. The van der Waals surface area contributed by atoms with Crippen LogP contribution in [0.2, 0.25) is 0 Å². The Kier molecular flexibility index (Phi) is 4.30. The molecule has 2 N–H and O–H groups in total. The van der Waals surface area contributed by atoms with E-state index in [1.54, 1.807) is 6.07 Å². The van der Waals surface area contributed by atoms with E-state index in [2.05, 4.69) is 13.0 Å². The Morgan fingerprint density at radius 1 is 1.23 bits per heavy atom. The zero-order valence-electron chi connectivity index (χ0n) is 15.1. The van der Waals surface area contributed by atoms with Crippen LogP contribution in [0.5, 0.6) is 5.75 Å². The second-order valence-corrected chi connectivity index (χ2v) is 8.46. The molecule has 0 heterocycles. The van der Waals surface area contributed by atoms with Crippen molar-refractivity contribution in [3.8, 4) is 5.75 Å². The van der Waals surface area contributed by atoms with Crippen LogP contribution in [0.3, 0.4) is 0 Å². The molecule has 1 aromatic carbocycles. The van der Waals surface area contributed by atoms with Crippen molar-refractivity contribution in [2.45, 2.75) is 63.9 Å². The highest BCUT2D eigenvalue weighted by Crippen LogP contribution is 2.60. The number of esters is 1. The third-order valence-electron chi connectivity index (χ3n) is 7.18. The van der Waals surface area contributed by atoms with Crippen molar-refractivity contribution in [3.05, 3.63) is 29.3 Å². The second kappa shape index (κ2) is 6.38. The maximum absolute atomic E-state index is 11.6. The molecule has 5 nitrogen and oxygen atoms in total. The summed E-state index contributed by atoms with van der Waals surface area (Å²) in [4.78, 5) is 22.2. The van der Waals surface area contributed by atoms with Crippen LogP contribution in [0.4, 0.5) is 0 Å². The van der Waals surface area contributed by atoms with E-state index < -0.39 is 18.4 Å². The largest absolute Gasteiger partial charge is 0.481 e. The van der Waals surface area contributed by atoms with Gasteiger partial charge in [-0.1, -0.05) is 13.0 Å². The zero-order chi connectivity index (χ0) is 18.5. The molecule has 5 heteroatoms. The van der Waals surface area contributed by atoms with Crippen LogP contribution in [-0.2, 0) is 16.0 Å². The summed E-state index contributed by atoms with van der Waals surface area (Å²) in [6, 6.07) is 5.75. The number of fused-ring (bicyclic) bond motifs is 5. The number of aliphatic hydroxyl groups excluding tert-OH is 1. The third-order valence-corrected chi connectivity index (χ3v) is 7.18. The van der Waals surface area contributed by atoms with E-state index >= 15 is 0 Å². The predicted molar refractivity (Wildman–Crippen MR) is 95.0 cm³/mol. The first kappa shape index (κ1) is 17.5. The van der Waals surface area contributed by atoms with Crippen LogP contribution in [0, 0.1) is 17.3 Å². The molecule has 0 spiro atoms. The minimum Gasteiger partial charge on any atom is -0.481 e. The molecule has 2 saturated carbocycles. The topological polar surface area (TPSA) is 83.8 Å². The van der Waals surface area contributed by atoms with E-state index in [0.29, 0.717) is 23.5 Å². The smallest absolute Gasteiger partial charge is 0.322 e.